The smallest absolute Gasteiger partial charge is 0.240 e. The van der Waals surface area contributed by atoms with Crippen molar-refractivity contribution in [3.05, 3.63) is 29.3 Å². The summed E-state index contributed by atoms with van der Waals surface area (Å²) in [6.45, 7) is 7.40. The topological polar surface area (TPSA) is 45.2 Å². The zero-order valence-electron chi connectivity index (χ0n) is 17.1. The fraction of sp³-hybridized carbons (Fsp3) is 0.682. The third-order valence-corrected chi connectivity index (χ3v) is 6.23. The monoisotopic (exact) mass is 387 g/mol. The molecule has 1 aromatic carbocycles. The van der Waals surface area contributed by atoms with E-state index in [0.717, 1.165) is 63.5 Å². The van der Waals surface area contributed by atoms with Crippen molar-refractivity contribution in [3.63, 3.8) is 0 Å². The van der Waals surface area contributed by atoms with Crippen LogP contribution >= 0.6 is 0 Å². The summed E-state index contributed by atoms with van der Waals surface area (Å²) in [6.07, 6.45) is 4.53. The molecule has 1 aromatic rings. The summed E-state index contributed by atoms with van der Waals surface area (Å²) in [5.74, 6) is 1.19. The minimum atomic E-state index is 0.0144. The van der Waals surface area contributed by atoms with Crippen LogP contribution < -0.4 is 4.74 Å². The first kappa shape index (κ1) is 19.7. The fourth-order valence-corrected chi connectivity index (χ4v) is 4.53. The molecule has 4 rings (SSSR count). The van der Waals surface area contributed by atoms with E-state index in [9.17, 15) is 4.79 Å². The average Bonchev–Trinajstić information content (AvgIpc) is 3.06. The Morgan fingerprint density at radius 3 is 2.79 bits per heavy atom. The van der Waals surface area contributed by atoms with Crippen molar-refractivity contribution in [2.75, 3.05) is 53.0 Å². The lowest BCUT2D eigenvalue weighted by Crippen LogP contribution is -2.47. The second kappa shape index (κ2) is 9.25. The highest BCUT2D eigenvalue weighted by atomic mass is 16.5. The van der Waals surface area contributed by atoms with Gasteiger partial charge in [0.25, 0.3) is 0 Å². The Morgan fingerprint density at radius 1 is 1.07 bits per heavy atom. The van der Waals surface area contributed by atoms with Gasteiger partial charge >= 0.3 is 0 Å². The molecule has 0 spiro atoms. The molecule has 2 saturated heterocycles. The molecule has 0 aromatic heterocycles. The van der Waals surface area contributed by atoms with E-state index in [0.29, 0.717) is 19.7 Å². The van der Waals surface area contributed by atoms with Crippen LogP contribution in [0.3, 0.4) is 0 Å². The number of benzene rings is 1. The Balaban J connectivity index is 1.46. The number of ether oxygens (including phenoxy) is 2. The molecule has 0 radical (unpaired) electrons. The van der Waals surface area contributed by atoms with E-state index in [1.807, 2.05) is 4.90 Å². The zero-order valence-corrected chi connectivity index (χ0v) is 17.1. The van der Waals surface area contributed by atoms with Crippen LogP contribution in [-0.2, 0) is 22.6 Å². The molecule has 6 nitrogen and oxygen atoms in total. The number of rotatable bonds is 3. The molecule has 1 atom stereocenters. The summed E-state index contributed by atoms with van der Waals surface area (Å²) >= 11 is 0. The first-order valence-electron chi connectivity index (χ1n) is 10.7. The van der Waals surface area contributed by atoms with Crippen molar-refractivity contribution in [2.24, 2.45) is 0 Å². The van der Waals surface area contributed by atoms with Crippen molar-refractivity contribution < 1.29 is 14.3 Å². The van der Waals surface area contributed by atoms with Crippen LogP contribution in [0, 0.1) is 0 Å². The predicted octanol–water partition coefficient (Wildman–Crippen LogP) is 2.11. The largest absolute Gasteiger partial charge is 0.491 e. The van der Waals surface area contributed by atoms with Crippen LogP contribution in [0.15, 0.2) is 18.2 Å². The number of morpholine rings is 1. The van der Waals surface area contributed by atoms with E-state index in [4.69, 9.17) is 9.47 Å². The van der Waals surface area contributed by atoms with Crippen LogP contribution in [0.1, 0.15) is 36.8 Å². The maximum atomic E-state index is 13.3. The molecule has 0 saturated carbocycles. The number of amides is 1. The summed E-state index contributed by atoms with van der Waals surface area (Å²) in [6, 6.07) is 6.48. The molecule has 154 valence electrons. The number of carbonyl (C=O) groups is 1. The summed E-state index contributed by atoms with van der Waals surface area (Å²) < 4.78 is 11.4. The van der Waals surface area contributed by atoms with Gasteiger partial charge in [-0.25, -0.2) is 0 Å². The molecule has 0 aliphatic carbocycles. The Bertz CT molecular complexity index is 675. The van der Waals surface area contributed by atoms with Gasteiger partial charge in [-0.2, -0.15) is 0 Å². The third-order valence-electron chi connectivity index (χ3n) is 6.23. The maximum absolute atomic E-state index is 13.3. The van der Waals surface area contributed by atoms with E-state index < -0.39 is 0 Å². The Morgan fingerprint density at radius 2 is 1.93 bits per heavy atom. The first-order valence-corrected chi connectivity index (χ1v) is 10.7. The Kier molecular flexibility index (Phi) is 6.50. The molecule has 1 unspecified atom stereocenters. The average molecular weight is 388 g/mol. The first-order chi connectivity index (χ1) is 13.7. The summed E-state index contributed by atoms with van der Waals surface area (Å²) in [4.78, 5) is 20.0. The molecule has 0 bridgehead atoms. The van der Waals surface area contributed by atoms with Crippen molar-refractivity contribution in [3.8, 4) is 5.75 Å². The second-order valence-corrected chi connectivity index (χ2v) is 8.28. The van der Waals surface area contributed by atoms with E-state index in [-0.39, 0.29) is 11.9 Å². The summed E-state index contributed by atoms with van der Waals surface area (Å²) in [5, 5.41) is 0. The van der Waals surface area contributed by atoms with Crippen molar-refractivity contribution in [2.45, 2.75) is 44.8 Å². The second-order valence-electron chi connectivity index (χ2n) is 8.28. The number of nitrogens with zero attached hydrogens (tertiary/aromatic N) is 3. The van der Waals surface area contributed by atoms with Gasteiger partial charge in [0.2, 0.25) is 5.91 Å². The van der Waals surface area contributed by atoms with Crippen LogP contribution in [0.5, 0.6) is 5.75 Å². The molecule has 28 heavy (non-hydrogen) atoms. The highest BCUT2D eigenvalue weighted by molar-refractivity contribution is 5.82. The lowest BCUT2D eigenvalue weighted by atomic mass is 10.1. The molecule has 6 heteroatoms. The van der Waals surface area contributed by atoms with Gasteiger partial charge in [0.15, 0.2) is 0 Å². The van der Waals surface area contributed by atoms with Crippen LogP contribution in [0.4, 0.5) is 0 Å². The van der Waals surface area contributed by atoms with Crippen LogP contribution in [0.2, 0.25) is 0 Å². The Labute approximate surface area is 168 Å². The quantitative estimate of drug-likeness (QED) is 0.795. The van der Waals surface area contributed by atoms with Gasteiger partial charge in [-0.1, -0.05) is 18.9 Å². The number of carbonyl (C=O) groups excluding carboxylic acids is 1. The van der Waals surface area contributed by atoms with E-state index in [1.54, 1.807) is 0 Å². The van der Waals surface area contributed by atoms with Gasteiger partial charge < -0.3 is 14.4 Å². The molecule has 3 heterocycles. The van der Waals surface area contributed by atoms with Crippen LogP contribution in [-0.4, -0.2) is 79.7 Å². The van der Waals surface area contributed by atoms with Gasteiger partial charge in [0, 0.05) is 31.7 Å². The van der Waals surface area contributed by atoms with Gasteiger partial charge in [0.05, 0.1) is 25.8 Å². The normalized spacial score (nSPS) is 24.8. The molecule has 1 amide bonds. The number of hydrogen-bond donors (Lipinski definition) is 0. The fourth-order valence-electron chi connectivity index (χ4n) is 4.53. The zero-order chi connectivity index (χ0) is 19.3. The maximum Gasteiger partial charge on any atom is 0.240 e. The molecule has 0 N–H and O–H groups in total. The van der Waals surface area contributed by atoms with Crippen molar-refractivity contribution in [1.82, 2.24) is 14.7 Å². The van der Waals surface area contributed by atoms with E-state index in [2.05, 4.69) is 35.0 Å². The highest BCUT2D eigenvalue weighted by Crippen LogP contribution is 2.27. The van der Waals surface area contributed by atoms with E-state index in [1.165, 1.54) is 18.4 Å². The van der Waals surface area contributed by atoms with Crippen LogP contribution in [0.25, 0.3) is 0 Å². The van der Waals surface area contributed by atoms with Gasteiger partial charge in [-0.05, 0) is 44.1 Å². The minimum Gasteiger partial charge on any atom is -0.491 e. The lowest BCUT2D eigenvalue weighted by Gasteiger charge is -2.30. The predicted molar refractivity (Wildman–Crippen MR) is 108 cm³/mol. The lowest BCUT2D eigenvalue weighted by molar-refractivity contribution is -0.137. The van der Waals surface area contributed by atoms with Crippen molar-refractivity contribution >= 4 is 5.91 Å². The number of likely N-dealkylation sites (N-methyl/N-ethyl adjacent to an activating group) is 1. The Hall–Kier alpha value is -1.63. The van der Waals surface area contributed by atoms with Crippen molar-refractivity contribution in [1.29, 1.82) is 0 Å². The van der Waals surface area contributed by atoms with E-state index >= 15 is 0 Å². The molecule has 3 aliphatic rings. The third kappa shape index (κ3) is 4.67. The van der Waals surface area contributed by atoms with Gasteiger partial charge in [-0.15, -0.1) is 0 Å². The molecular weight excluding hydrogens is 354 g/mol. The highest BCUT2D eigenvalue weighted by Gasteiger charge is 2.30. The molecule has 2 fully saturated rings. The summed E-state index contributed by atoms with van der Waals surface area (Å²) in [7, 11) is 2.09. The SMILES string of the molecule is CN1CCCCCC1C(=O)N1CCOc2ccc(CN3CCOCC3)cc2C1. The van der Waals surface area contributed by atoms with Gasteiger partial charge in [-0.3, -0.25) is 14.6 Å². The molecule has 3 aliphatic heterocycles. The minimum absolute atomic E-state index is 0.0144. The summed E-state index contributed by atoms with van der Waals surface area (Å²) in [5.41, 5.74) is 2.41. The van der Waals surface area contributed by atoms with Gasteiger partial charge in [0.1, 0.15) is 12.4 Å². The standard InChI is InChI=1S/C22H33N3O3/c1-23-8-4-2-3-5-20(23)22(26)25-11-14-28-21-7-6-18(15-19(21)17-25)16-24-9-12-27-13-10-24/h6-7,15,20H,2-5,8-14,16-17H2,1H3. The molecular formula is C22H33N3O3. The number of hydrogen-bond acceptors (Lipinski definition) is 5. The number of fused-ring (bicyclic) bond motifs is 1. The number of likely N-dealkylation sites (tertiary alicyclic amines) is 1.